The number of nitrogen functional groups attached to an aromatic ring is 2. The first-order chi connectivity index (χ1) is 9.10. The van der Waals surface area contributed by atoms with Crippen LogP contribution in [0.2, 0.25) is 0 Å². The highest BCUT2D eigenvalue weighted by molar-refractivity contribution is 6.08. The molecule has 0 bridgehead atoms. The molecule has 0 unspecified atom stereocenters. The number of rotatable bonds is 2. The van der Waals surface area contributed by atoms with Gasteiger partial charge in [0.2, 0.25) is 0 Å². The fourth-order valence-electron chi connectivity index (χ4n) is 1.65. The van der Waals surface area contributed by atoms with E-state index in [1.807, 2.05) is 6.07 Å². The summed E-state index contributed by atoms with van der Waals surface area (Å²) in [7, 11) is 0. The van der Waals surface area contributed by atoms with E-state index in [-0.39, 0.29) is 5.91 Å². The second kappa shape index (κ2) is 5.10. The number of hydrogen-bond acceptors (Lipinski definition) is 4. The molecule has 0 radical (unpaired) electrons. The smallest absolute Gasteiger partial charge is 0.257 e. The van der Waals surface area contributed by atoms with Crippen molar-refractivity contribution in [3.8, 4) is 6.07 Å². The lowest BCUT2D eigenvalue weighted by atomic mass is 10.1. The van der Waals surface area contributed by atoms with Crippen LogP contribution in [0.3, 0.4) is 0 Å². The Hall–Kier alpha value is -3.00. The SMILES string of the molecule is N#Cc1cccc(NC(=O)c2ccc(N)cc2N)c1. The summed E-state index contributed by atoms with van der Waals surface area (Å²) < 4.78 is 0. The molecule has 0 saturated heterocycles. The van der Waals surface area contributed by atoms with Crippen LogP contribution in [0.4, 0.5) is 17.1 Å². The van der Waals surface area contributed by atoms with E-state index in [0.717, 1.165) is 0 Å². The number of nitrogens with zero attached hydrogens (tertiary/aromatic N) is 1. The summed E-state index contributed by atoms with van der Waals surface area (Å²) in [5.74, 6) is -0.340. The Bertz CT molecular complexity index is 673. The Morgan fingerprint density at radius 3 is 2.63 bits per heavy atom. The largest absolute Gasteiger partial charge is 0.399 e. The van der Waals surface area contributed by atoms with E-state index in [1.54, 1.807) is 36.4 Å². The number of anilines is 3. The maximum atomic E-state index is 12.0. The van der Waals surface area contributed by atoms with Crippen molar-refractivity contribution in [3.05, 3.63) is 53.6 Å². The van der Waals surface area contributed by atoms with Crippen LogP contribution in [0.5, 0.6) is 0 Å². The lowest BCUT2D eigenvalue weighted by Crippen LogP contribution is -2.14. The van der Waals surface area contributed by atoms with E-state index < -0.39 is 0 Å². The minimum absolute atomic E-state index is 0.314. The van der Waals surface area contributed by atoms with E-state index in [1.165, 1.54) is 6.07 Å². The van der Waals surface area contributed by atoms with Crippen LogP contribution in [0.15, 0.2) is 42.5 Å². The average Bonchev–Trinajstić information content (AvgIpc) is 2.38. The molecular weight excluding hydrogens is 240 g/mol. The first-order valence-electron chi connectivity index (χ1n) is 5.56. The molecular formula is C14H12N4O. The van der Waals surface area contributed by atoms with Crippen LogP contribution in [0.1, 0.15) is 15.9 Å². The third-order valence-electron chi connectivity index (χ3n) is 2.57. The molecule has 0 fully saturated rings. The quantitative estimate of drug-likeness (QED) is 0.710. The van der Waals surface area contributed by atoms with Gasteiger partial charge in [0.15, 0.2) is 0 Å². The van der Waals surface area contributed by atoms with Gasteiger partial charge in [-0.3, -0.25) is 4.79 Å². The standard InChI is InChI=1S/C14H12N4O/c15-8-9-2-1-3-11(6-9)18-14(19)12-5-4-10(16)7-13(12)17/h1-7H,16-17H2,(H,18,19). The number of benzene rings is 2. The van der Waals surface area contributed by atoms with Crippen molar-refractivity contribution in [1.82, 2.24) is 0 Å². The maximum absolute atomic E-state index is 12.0. The van der Waals surface area contributed by atoms with Gasteiger partial charge in [0, 0.05) is 17.1 Å². The molecule has 0 aliphatic carbocycles. The topological polar surface area (TPSA) is 105 Å². The molecule has 94 valence electrons. The molecule has 5 heteroatoms. The summed E-state index contributed by atoms with van der Waals surface area (Å²) in [4.78, 5) is 12.0. The fourth-order valence-corrected chi connectivity index (χ4v) is 1.65. The lowest BCUT2D eigenvalue weighted by molar-refractivity contribution is 0.102. The Morgan fingerprint density at radius 1 is 1.16 bits per heavy atom. The third-order valence-corrected chi connectivity index (χ3v) is 2.57. The second-order valence-electron chi connectivity index (χ2n) is 3.99. The van der Waals surface area contributed by atoms with Gasteiger partial charge in [0.05, 0.1) is 17.2 Å². The predicted molar refractivity (Wildman–Crippen MR) is 74.4 cm³/mol. The highest BCUT2D eigenvalue weighted by Crippen LogP contribution is 2.18. The molecule has 5 N–H and O–H groups in total. The number of amides is 1. The monoisotopic (exact) mass is 252 g/mol. The Kier molecular flexibility index (Phi) is 3.35. The van der Waals surface area contributed by atoms with Gasteiger partial charge in [0.25, 0.3) is 5.91 Å². The number of nitrogens with one attached hydrogen (secondary N) is 1. The minimum atomic E-state index is -0.340. The van der Waals surface area contributed by atoms with E-state index in [4.69, 9.17) is 16.7 Å². The molecule has 0 saturated carbocycles. The molecule has 0 heterocycles. The van der Waals surface area contributed by atoms with Crippen LogP contribution in [-0.2, 0) is 0 Å². The summed E-state index contributed by atoms with van der Waals surface area (Å²) in [6, 6.07) is 13.4. The number of carbonyl (C=O) groups is 1. The van der Waals surface area contributed by atoms with E-state index in [2.05, 4.69) is 5.32 Å². The highest BCUT2D eigenvalue weighted by atomic mass is 16.1. The van der Waals surface area contributed by atoms with Gasteiger partial charge in [-0.1, -0.05) is 6.07 Å². The van der Waals surface area contributed by atoms with Gasteiger partial charge in [-0.05, 0) is 36.4 Å². The van der Waals surface area contributed by atoms with Gasteiger partial charge in [-0.25, -0.2) is 0 Å². The van der Waals surface area contributed by atoms with Crippen LogP contribution >= 0.6 is 0 Å². The number of nitrogens with two attached hydrogens (primary N) is 2. The van der Waals surface area contributed by atoms with E-state index >= 15 is 0 Å². The average molecular weight is 252 g/mol. The minimum Gasteiger partial charge on any atom is -0.399 e. The van der Waals surface area contributed by atoms with Crippen molar-refractivity contribution in [2.45, 2.75) is 0 Å². The summed E-state index contributed by atoms with van der Waals surface area (Å²) in [5.41, 5.74) is 13.5. The molecule has 2 rings (SSSR count). The van der Waals surface area contributed by atoms with Crippen molar-refractivity contribution in [2.24, 2.45) is 0 Å². The highest BCUT2D eigenvalue weighted by Gasteiger charge is 2.10. The molecule has 0 aliphatic rings. The molecule has 2 aromatic carbocycles. The van der Waals surface area contributed by atoms with E-state index in [0.29, 0.717) is 28.2 Å². The Labute approximate surface area is 110 Å². The summed E-state index contributed by atoms with van der Waals surface area (Å²) in [6.45, 7) is 0. The van der Waals surface area contributed by atoms with Gasteiger partial charge < -0.3 is 16.8 Å². The van der Waals surface area contributed by atoms with Crippen molar-refractivity contribution < 1.29 is 4.79 Å². The summed E-state index contributed by atoms with van der Waals surface area (Å²) >= 11 is 0. The second-order valence-corrected chi connectivity index (χ2v) is 3.99. The lowest BCUT2D eigenvalue weighted by Gasteiger charge is -2.08. The molecule has 0 atom stereocenters. The molecule has 0 spiro atoms. The van der Waals surface area contributed by atoms with E-state index in [9.17, 15) is 4.79 Å². The molecule has 0 aromatic heterocycles. The van der Waals surface area contributed by atoms with Crippen LogP contribution in [0, 0.1) is 11.3 Å². The molecule has 19 heavy (non-hydrogen) atoms. The summed E-state index contributed by atoms with van der Waals surface area (Å²) in [5, 5.41) is 11.5. The van der Waals surface area contributed by atoms with Crippen molar-refractivity contribution in [2.75, 3.05) is 16.8 Å². The zero-order chi connectivity index (χ0) is 13.8. The van der Waals surface area contributed by atoms with Crippen molar-refractivity contribution in [3.63, 3.8) is 0 Å². The summed E-state index contributed by atoms with van der Waals surface area (Å²) in [6.07, 6.45) is 0. The van der Waals surface area contributed by atoms with Crippen LogP contribution in [0.25, 0.3) is 0 Å². The van der Waals surface area contributed by atoms with Crippen molar-refractivity contribution >= 4 is 23.0 Å². The number of carbonyl (C=O) groups excluding carboxylic acids is 1. The van der Waals surface area contributed by atoms with Gasteiger partial charge >= 0.3 is 0 Å². The molecule has 5 nitrogen and oxygen atoms in total. The Balaban J connectivity index is 2.23. The van der Waals surface area contributed by atoms with Crippen LogP contribution < -0.4 is 16.8 Å². The maximum Gasteiger partial charge on any atom is 0.257 e. The van der Waals surface area contributed by atoms with Crippen LogP contribution in [-0.4, -0.2) is 5.91 Å². The molecule has 0 aliphatic heterocycles. The molecule has 1 amide bonds. The van der Waals surface area contributed by atoms with Crippen molar-refractivity contribution in [1.29, 1.82) is 5.26 Å². The van der Waals surface area contributed by atoms with Gasteiger partial charge in [0.1, 0.15) is 0 Å². The van der Waals surface area contributed by atoms with Gasteiger partial charge in [-0.2, -0.15) is 5.26 Å². The first kappa shape index (κ1) is 12.5. The zero-order valence-electron chi connectivity index (χ0n) is 10.1. The Morgan fingerprint density at radius 2 is 1.95 bits per heavy atom. The zero-order valence-corrected chi connectivity index (χ0v) is 10.1. The fraction of sp³-hybridized carbons (Fsp3) is 0. The normalized spacial score (nSPS) is 9.63. The first-order valence-corrected chi connectivity index (χ1v) is 5.56. The number of nitriles is 1. The van der Waals surface area contributed by atoms with Gasteiger partial charge in [-0.15, -0.1) is 0 Å². The predicted octanol–water partition coefficient (Wildman–Crippen LogP) is 1.97. The third kappa shape index (κ3) is 2.82. The molecule has 2 aromatic rings. The number of hydrogen-bond donors (Lipinski definition) is 3.